The highest BCUT2D eigenvalue weighted by atomic mass is 35.5. The molecule has 0 aliphatic heterocycles. The van der Waals surface area contributed by atoms with Crippen LogP contribution >= 0.6 is 12.4 Å². The second-order valence-electron chi connectivity index (χ2n) is 6.72. The third-order valence-corrected chi connectivity index (χ3v) is 4.95. The Balaban J connectivity index is 0.00000625. The van der Waals surface area contributed by atoms with Gasteiger partial charge in [-0.2, -0.15) is 0 Å². The predicted molar refractivity (Wildman–Crippen MR) is 103 cm³/mol. The second kappa shape index (κ2) is 10.8. The lowest BCUT2D eigenvalue weighted by molar-refractivity contribution is -0.133. The Labute approximate surface area is 161 Å². The zero-order valence-corrected chi connectivity index (χ0v) is 16.9. The lowest BCUT2D eigenvalue weighted by Gasteiger charge is -2.21. The molecule has 1 aromatic carbocycles. The summed E-state index contributed by atoms with van der Waals surface area (Å²) < 4.78 is 22.8. The molecule has 0 radical (unpaired) electrons. The van der Waals surface area contributed by atoms with Crippen LogP contribution in [0.2, 0.25) is 0 Å². The van der Waals surface area contributed by atoms with E-state index in [-0.39, 0.29) is 23.7 Å². The number of carbonyl (C=O) groups excluding carboxylic acids is 1. The van der Waals surface area contributed by atoms with Crippen molar-refractivity contribution in [2.24, 2.45) is 11.7 Å². The van der Waals surface area contributed by atoms with E-state index in [1.807, 2.05) is 13.8 Å². The van der Waals surface area contributed by atoms with Crippen LogP contribution in [0.4, 0.5) is 0 Å². The minimum atomic E-state index is -3.28. The third-order valence-electron chi connectivity index (χ3n) is 3.82. The normalized spacial score (nSPS) is 15.0. The summed E-state index contributed by atoms with van der Waals surface area (Å²) in [4.78, 5) is 12.1. The highest BCUT2D eigenvalue weighted by molar-refractivity contribution is 7.90. The number of nitrogens with two attached hydrogens (primary N) is 1. The minimum Gasteiger partial charge on any atom is -0.382 e. The Morgan fingerprint density at radius 1 is 1.15 bits per heavy atom. The van der Waals surface area contributed by atoms with Crippen LogP contribution in [0, 0.1) is 5.92 Å². The summed E-state index contributed by atoms with van der Waals surface area (Å²) in [5.74, 6) is -0.329. The van der Waals surface area contributed by atoms with Gasteiger partial charge in [-0.15, -0.1) is 12.4 Å². The highest BCUT2D eigenvalue weighted by Crippen LogP contribution is 2.12. The molecule has 26 heavy (non-hydrogen) atoms. The molecule has 3 unspecified atom stereocenters. The monoisotopic (exact) mass is 408 g/mol. The Hall–Kier alpha value is -1.19. The Morgan fingerprint density at radius 3 is 2.15 bits per heavy atom. The van der Waals surface area contributed by atoms with Gasteiger partial charge in [-0.25, -0.2) is 8.42 Å². The fraction of sp³-hybridized carbons (Fsp3) is 0.588. The van der Waals surface area contributed by atoms with Crippen LogP contribution in [-0.2, 0) is 21.1 Å². The van der Waals surface area contributed by atoms with Gasteiger partial charge >= 0.3 is 0 Å². The maximum absolute atomic E-state index is 11.9. The summed E-state index contributed by atoms with van der Waals surface area (Å²) in [7, 11) is -3.28. The number of nitrogens with one attached hydrogen (secondary N) is 1. The van der Waals surface area contributed by atoms with Crippen LogP contribution in [0.3, 0.4) is 0 Å². The van der Waals surface area contributed by atoms with E-state index < -0.39 is 34.1 Å². The molecule has 0 saturated carbocycles. The van der Waals surface area contributed by atoms with Crippen LogP contribution in [0.15, 0.2) is 29.2 Å². The number of carbonyl (C=O) groups is 1. The van der Waals surface area contributed by atoms with Crippen LogP contribution in [0.1, 0.15) is 32.3 Å². The van der Waals surface area contributed by atoms with E-state index in [1.54, 1.807) is 12.1 Å². The molecule has 0 aliphatic rings. The summed E-state index contributed by atoms with van der Waals surface area (Å²) in [5, 5.41) is 22.1. The van der Waals surface area contributed by atoms with Gasteiger partial charge < -0.3 is 21.3 Å². The quantitative estimate of drug-likeness (QED) is 0.443. The van der Waals surface area contributed by atoms with E-state index in [0.29, 0.717) is 17.9 Å². The molecule has 7 nitrogen and oxygen atoms in total. The molecule has 5 N–H and O–H groups in total. The van der Waals surface area contributed by atoms with Gasteiger partial charge in [0.1, 0.15) is 12.3 Å². The fourth-order valence-corrected chi connectivity index (χ4v) is 2.89. The number of halogens is 1. The Kier molecular flexibility index (Phi) is 10.3. The average molecular weight is 409 g/mol. The third kappa shape index (κ3) is 8.46. The average Bonchev–Trinajstić information content (AvgIpc) is 2.51. The number of sulfone groups is 1. The summed E-state index contributed by atoms with van der Waals surface area (Å²) in [6.45, 7) is 4.02. The first-order chi connectivity index (χ1) is 11.5. The molecule has 0 bridgehead atoms. The standard InChI is InChI=1S/C17H28N2O5S.ClH/c1-11(2)4-9-15(20)19-17(22)16(21)14(18)10-12-5-7-13(8-6-12)25(3,23)24;/h5-8,11,14-16,20-21H,4,9-10,18H2,1-3H3,(H,19,22);1H. The number of hydrogen-bond acceptors (Lipinski definition) is 6. The van der Waals surface area contributed by atoms with Crippen molar-refractivity contribution in [3.63, 3.8) is 0 Å². The van der Waals surface area contributed by atoms with Crippen molar-refractivity contribution < 1.29 is 23.4 Å². The molecule has 9 heteroatoms. The summed E-state index contributed by atoms with van der Waals surface area (Å²) in [6, 6.07) is 5.23. The van der Waals surface area contributed by atoms with Crippen molar-refractivity contribution in [2.75, 3.05) is 6.26 Å². The lowest BCUT2D eigenvalue weighted by atomic mass is 10.0. The van der Waals surface area contributed by atoms with Crippen LogP contribution in [-0.4, -0.2) is 49.2 Å². The molecular formula is C17H29ClN2O5S. The predicted octanol–water partition coefficient (Wildman–Crippen LogP) is 0.613. The van der Waals surface area contributed by atoms with E-state index in [0.717, 1.165) is 12.7 Å². The number of hydrogen-bond donors (Lipinski definition) is 4. The second-order valence-corrected chi connectivity index (χ2v) is 8.74. The van der Waals surface area contributed by atoms with Gasteiger partial charge in [0.25, 0.3) is 5.91 Å². The zero-order chi connectivity index (χ0) is 19.2. The topological polar surface area (TPSA) is 130 Å². The van der Waals surface area contributed by atoms with Crippen LogP contribution in [0.5, 0.6) is 0 Å². The van der Waals surface area contributed by atoms with Crippen molar-refractivity contribution in [1.82, 2.24) is 5.32 Å². The van der Waals surface area contributed by atoms with E-state index in [9.17, 15) is 23.4 Å². The molecule has 0 heterocycles. The van der Waals surface area contributed by atoms with Crippen LogP contribution < -0.4 is 11.1 Å². The summed E-state index contributed by atoms with van der Waals surface area (Å²) in [6.07, 6.45) is -0.0315. The van der Waals surface area contributed by atoms with Crippen molar-refractivity contribution in [3.05, 3.63) is 29.8 Å². The maximum atomic E-state index is 11.9. The molecular weight excluding hydrogens is 380 g/mol. The molecule has 0 spiro atoms. The SMILES string of the molecule is CC(C)CCC(O)NC(=O)C(O)C(N)Cc1ccc(S(C)(=O)=O)cc1.Cl. The van der Waals surface area contributed by atoms with Crippen molar-refractivity contribution in [1.29, 1.82) is 0 Å². The van der Waals surface area contributed by atoms with Gasteiger partial charge in [0.15, 0.2) is 9.84 Å². The van der Waals surface area contributed by atoms with Gasteiger partial charge in [-0.3, -0.25) is 4.79 Å². The Morgan fingerprint density at radius 2 is 1.69 bits per heavy atom. The van der Waals surface area contributed by atoms with E-state index in [1.165, 1.54) is 12.1 Å². The molecule has 0 fully saturated rings. The van der Waals surface area contributed by atoms with Gasteiger partial charge in [-0.05, 0) is 42.9 Å². The zero-order valence-electron chi connectivity index (χ0n) is 15.3. The van der Waals surface area contributed by atoms with Crippen molar-refractivity contribution in [2.45, 2.75) is 56.4 Å². The molecule has 0 aliphatic carbocycles. The number of benzene rings is 1. The maximum Gasteiger partial charge on any atom is 0.252 e. The largest absolute Gasteiger partial charge is 0.382 e. The molecule has 1 aromatic rings. The molecule has 1 rings (SSSR count). The Bertz CT molecular complexity index is 664. The number of aliphatic hydroxyl groups is 2. The van der Waals surface area contributed by atoms with E-state index in [2.05, 4.69) is 5.32 Å². The first-order valence-corrected chi connectivity index (χ1v) is 10.1. The number of amides is 1. The molecule has 0 aromatic heterocycles. The van der Waals surface area contributed by atoms with Crippen molar-refractivity contribution in [3.8, 4) is 0 Å². The van der Waals surface area contributed by atoms with Gasteiger partial charge in [0.05, 0.1) is 4.90 Å². The highest BCUT2D eigenvalue weighted by Gasteiger charge is 2.24. The number of rotatable bonds is 9. The number of aliphatic hydroxyl groups excluding tert-OH is 2. The lowest BCUT2D eigenvalue weighted by Crippen LogP contribution is -2.50. The molecule has 3 atom stereocenters. The van der Waals surface area contributed by atoms with Gasteiger partial charge in [-0.1, -0.05) is 26.0 Å². The summed E-state index contributed by atoms with van der Waals surface area (Å²) in [5.41, 5.74) is 6.56. The van der Waals surface area contributed by atoms with Crippen LogP contribution in [0.25, 0.3) is 0 Å². The summed E-state index contributed by atoms with van der Waals surface area (Å²) >= 11 is 0. The van der Waals surface area contributed by atoms with Crippen molar-refractivity contribution >= 4 is 28.2 Å². The first kappa shape index (κ1) is 24.8. The molecule has 1 amide bonds. The van der Waals surface area contributed by atoms with E-state index in [4.69, 9.17) is 5.73 Å². The minimum absolute atomic E-state index is 0. The van der Waals surface area contributed by atoms with Gasteiger partial charge in [0.2, 0.25) is 0 Å². The van der Waals surface area contributed by atoms with Gasteiger partial charge in [0, 0.05) is 12.3 Å². The molecule has 150 valence electrons. The fourth-order valence-electron chi connectivity index (χ4n) is 2.26. The first-order valence-electron chi connectivity index (χ1n) is 8.21. The molecule has 0 saturated heterocycles. The van der Waals surface area contributed by atoms with E-state index >= 15 is 0 Å². The smallest absolute Gasteiger partial charge is 0.252 e.